The number of nitrogens with two attached hydrogens (primary N) is 2. The van der Waals surface area contributed by atoms with Crippen LogP contribution in [0, 0.1) is 13.8 Å². The number of aryl methyl sites for hydroxylation is 4. The van der Waals surface area contributed by atoms with Crippen molar-refractivity contribution < 1.29 is 0 Å². The second kappa shape index (κ2) is 24.0. The molecule has 0 aromatic heterocycles. The molecule has 0 bridgehead atoms. The number of benzene rings is 4. The first kappa shape index (κ1) is 42.2. The van der Waals surface area contributed by atoms with Crippen molar-refractivity contribution in [3.05, 3.63) is 129 Å². The molecule has 53 heavy (non-hydrogen) atoms. The van der Waals surface area contributed by atoms with Crippen molar-refractivity contribution in [2.75, 3.05) is 11.5 Å². The average molecular weight is 715 g/mol. The normalized spacial score (nSPS) is 12.6. The summed E-state index contributed by atoms with van der Waals surface area (Å²) >= 11 is 0. The van der Waals surface area contributed by atoms with Crippen LogP contribution < -0.4 is 11.5 Å². The van der Waals surface area contributed by atoms with Crippen molar-refractivity contribution >= 4 is 11.4 Å². The summed E-state index contributed by atoms with van der Waals surface area (Å²) < 4.78 is 0. The van der Waals surface area contributed by atoms with E-state index in [1.165, 1.54) is 179 Å². The second-order valence-corrected chi connectivity index (χ2v) is 16.2. The van der Waals surface area contributed by atoms with Crippen LogP contribution in [0.4, 0.5) is 11.4 Å². The molecule has 2 heteroatoms. The third-order valence-corrected chi connectivity index (χ3v) is 11.7. The molecular formula is C51H74N2. The van der Waals surface area contributed by atoms with Gasteiger partial charge in [0.1, 0.15) is 0 Å². The Labute approximate surface area is 325 Å². The topological polar surface area (TPSA) is 52.0 Å². The molecule has 0 aliphatic carbocycles. The minimum absolute atomic E-state index is 0.463. The lowest BCUT2D eigenvalue weighted by atomic mass is 9.84. The zero-order valence-corrected chi connectivity index (χ0v) is 34.2. The molecule has 0 aliphatic heterocycles. The Morgan fingerprint density at radius 3 is 1.02 bits per heavy atom. The molecule has 2 atom stereocenters. The van der Waals surface area contributed by atoms with E-state index in [1.807, 2.05) is 0 Å². The van der Waals surface area contributed by atoms with Gasteiger partial charge in [0.05, 0.1) is 0 Å². The molecule has 2 unspecified atom stereocenters. The summed E-state index contributed by atoms with van der Waals surface area (Å²) in [6.45, 7) is 8.99. The van der Waals surface area contributed by atoms with Crippen molar-refractivity contribution in [2.45, 2.75) is 174 Å². The van der Waals surface area contributed by atoms with Crippen molar-refractivity contribution in [1.29, 1.82) is 0 Å². The van der Waals surface area contributed by atoms with E-state index in [0.29, 0.717) is 11.8 Å². The summed E-state index contributed by atoms with van der Waals surface area (Å²) in [5.41, 5.74) is 25.2. The Morgan fingerprint density at radius 1 is 0.396 bits per heavy atom. The second-order valence-electron chi connectivity index (χ2n) is 16.2. The van der Waals surface area contributed by atoms with Gasteiger partial charge in [-0.3, -0.25) is 0 Å². The number of hydrogen-bond acceptors (Lipinski definition) is 2. The Hall–Kier alpha value is -3.52. The van der Waals surface area contributed by atoms with Gasteiger partial charge in [-0.2, -0.15) is 0 Å². The van der Waals surface area contributed by atoms with E-state index in [4.69, 9.17) is 11.5 Å². The molecule has 0 saturated heterocycles. The molecule has 4 N–H and O–H groups in total. The molecule has 0 radical (unpaired) electrons. The van der Waals surface area contributed by atoms with Gasteiger partial charge in [0.25, 0.3) is 0 Å². The monoisotopic (exact) mass is 715 g/mol. The Bertz CT molecular complexity index is 1450. The fourth-order valence-electron chi connectivity index (χ4n) is 8.44. The highest BCUT2D eigenvalue weighted by atomic mass is 14.5. The lowest BCUT2D eigenvalue weighted by Crippen LogP contribution is -2.04. The summed E-state index contributed by atoms with van der Waals surface area (Å²) in [6, 6.07) is 32.0. The highest BCUT2D eigenvalue weighted by molar-refractivity contribution is 5.49. The maximum Gasteiger partial charge on any atom is 0.0316 e. The van der Waals surface area contributed by atoms with E-state index in [2.05, 4.69) is 113 Å². The van der Waals surface area contributed by atoms with Gasteiger partial charge in [-0.15, -0.1) is 0 Å². The van der Waals surface area contributed by atoms with Crippen molar-refractivity contribution in [2.24, 2.45) is 0 Å². The molecule has 0 saturated carbocycles. The number of nitrogen functional groups attached to an aromatic ring is 2. The van der Waals surface area contributed by atoms with Gasteiger partial charge in [-0.25, -0.2) is 0 Å². The molecule has 4 rings (SSSR count). The Kier molecular flexibility index (Phi) is 19.1. The van der Waals surface area contributed by atoms with Crippen LogP contribution in [0.2, 0.25) is 0 Å². The predicted octanol–water partition coefficient (Wildman–Crippen LogP) is 15.0. The largest absolute Gasteiger partial charge is 0.399 e. The smallest absolute Gasteiger partial charge is 0.0316 e. The minimum atomic E-state index is 0.463. The van der Waals surface area contributed by atoms with Crippen molar-refractivity contribution in [1.82, 2.24) is 0 Å². The summed E-state index contributed by atoms with van der Waals surface area (Å²) in [5.74, 6) is 0.926. The van der Waals surface area contributed by atoms with Crippen molar-refractivity contribution in [3.63, 3.8) is 0 Å². The molecule has 288 valence electrons. The number of anilines is 2. The molecule has 0 spiro atoms. The standard InChI is InChI=1S/C51H74N2/c1-5-7-24-50(48-36-34-46(52)38-40(48)3)44-30-26-42(27-31-44)22-20-18-16-14-12-10-9-11-13-15-17-19-21-23-43-28-32-45(33-29-43)51(25-8-6-2)49-37-35-47(53)39-41(49)4/h26-39,50-51H,5-25,52-53H2,1-4H3. The summed E-state index contributed by atoms with van der Waals surface area (Å²) in [6.07, 6.45) is 27.8. The van der Waals surface area contributed by atoms with Gasteiger partial charge in [0, 0.05) is 23.2 Å². The molecule has 4 aromatic carbocycles. The highest BCUT2D eigenvalue weighted by Crippen LogP contribution is 2.34. The van der Waals surface area contributed by atoms with Crippen LogP contribution in [0.25, 0.3) is 0 Å². The molecule has 0 fully saturated rings. The quantitative estimate of drug-likeness (QED) is 0.0502. The average Bonchev–Trinajstić information content (AvgIpc) is 3.15. The number of unbranched alkanes of at least 4 members (excludes halogenated alkanes) is 14. The molecule has 0 aliphatic rings. The van der Waals surface area contributed by atoms with Gasteiger partial charge in [-0.05, 0) is 121 Å². The van der Waals surface area contributed by atoms with Crippen LogP contribution in [0.5, 0.6) is 0 Å². The van der Waals surface area contributed by atoms with Crippen LogP contribution in [0.15, 0.2) is 84.9 Å². The number of rotatable bonds is 26. The fraction of sp³-hybridized carbons (Fsp3) is 0.529. The summed E-state index contributed by atoms with van der Waals surface area (Å²) in [4.78, 5) is 0. The molecule has 4 aromatic rings. The van der Waals surface area contributed by atoms with E-state index in [0.717, 1.165) is 11.4 Å². The summed E-state index contributed by atoms with van der Waals surface area (Å²) in [5, 5.41) is 0. The Balaban J connectivity index is 1.00. The molecule has 0 heterocycles. The van der Waals surface area contributed by atoms with Crippen molar-refractivity contribution in [3.8, 4) is 0 Å². The first-order chi connectivity index (χ1) is 25.9. The molecular weight excluding hydrogens is 641 g/mol. The predicted molar refractivity (Wildman–Crippen MR) is 234 cm³/mol. The van der Waals surface area contributed by atoms with E-state index in [-0.39, 0.29) is 0 Å². The maximum atomic E-state index is 6.05. The van der Waals surface area contributed by atoms with Gasteiger partial charge >= 0.3 is 0 Å². The molecule has 0 amide bonds. The first-order valence-electron chi connectivity index (χ1n) is 21.8. The Morgan fingerprint density at radius 2 is 0.717 bits per heavy atom. The van der Waals surface area contributed by atoms with Crippen LogP contribution in [-0.4, -0.2) is 0 Å². The minimum Gasteiger partial charge on any atom is -0.399 e. The zero-order chi connectivity index (χ0) is 37.7. The van der Waals surface area contributed by atoms with E-state index < -0.39 is 0 Å². The third kappa shape index (κ3) is 14.7. The van der Waals surface area contributed by atoms with Gasteiger partial charge < -0.3 is 11.5 Å². The lowest BCUT2D eigenvalue weighted by Gasteiger charge is -2.21. The van der Waals surface area contributed by atoms with E-state index >= 15 is 0 Å². The SMILES string of the molecule is CCCCC(c1ccc(CCCCCCCCCCCCCCCc2ccc(C(CCCC)c3ccc(N)cc3C)cc2)cc1)c1ccc(N)cc1C. The van der Waals surface area contributed by atoms with Crippen LogP contribution in [0.3, 0.4) is 0 Å². The van der Waals surface area contributed by atoms with Crippen LogP contribution in [0.1, 0.15) is 192 Å². The highest BCUT2D eigenvalue weighted by Gasteiger charge is 2.17. The van der Waals surface area contributed by atoms with Crippen LogP contribution >= 0.6 is 0 Å². The molecule has 2 nitrogen and oxygen atoms in total. The zero-order valence-electron chi connectivity index (χ0n) is 34.2. The fourth-order valence-corrected chi connectivity index (χ4v) is 8.44. The van der Waals surface area contributed by atoms with Gasteiger partial charge in [0.2, 0.25) is 0 Å². The van der Waals surface area contributed by atoms with E-state index in [1.54, 1.807) is 0 Å². The maximum absolute atomic E-state index is 6.05. The van der Waals surface area contributed by atoms with E-state index in [9.17, 15) is 0 Å². The lowest BCUT2D eigenvalue weighted by molar-refractivity contribution is 0.536. The van der Waals surface area contributed by atoms with Crippen LogP contribution in [-0.2, 0) is 12.8 Å². The first-order valence-corrected chi connectivity index (χ1v) is 21.8. The third-order valence-electron chi connectivity index (χ3n) is 11.7. The number of hydrogen-bond donors (Lipinski definition) is 2. The summed E-state index contributed by atoms with van der Waals surface area (Å²) in [7, 11) is 0. The van der Waals surface area contributed by atoms with Gasteiger partial charge in [0.15, 0.2) is 0 Å². The van der Waals surface area contributed by atoms with Gasteiger partial charge in [-0.1, -0.05) is 171 Å².